The second-order valence-electron chi connectivity index (χ2n) is 4.77. The summed E-state index contributed by atoms with van der Waals surface area (Å²) in [5.41, 5.74) is 2.26. The zero-order valence-electron chi connectivity index (χ0n) is 11.1. The van der Waals surface area contributed by atoms with Gasteiger partial charge in [0.1, 0.15) is 5.75 Å². The number of benzene rings is 1. The Hall–Kier alpha value is -1.81. The van der Waals surface area contributed by atoms with Gasteiger partial charge in [-0.1, -0.05) is 17.7 Å². The van der Waals surface area contributed by atoms with Crippen molar-refractivity contribution in [1.82, 2.24) is 4.90 Å². The third kappa shape index (κ3) is 4.10. The zero-order valence-corrected chi connectivity index (χ0v) is 11.1. The third-order valence-electron chi connectivity index (χ3n) is 3.37. The standard InChI is InChI=1S/C15H19NO3/c1-19-14-4-2-3-13(9-14)11-16-7-5-12(6-8-16)10-15(17)18/h2-4,9-10H,5-8,11H2,1H3,(H,17,18). The normalized spacial score (nSPS) is 16.2. The molecule has 1 aliphatic rings. The minimum atomic E-state index is -0.837. The molecule has 19 heavy (non-hydrogen) atoms. The third-order valence-corrected chi connectivity index (χ3v) is 3.37. The molecule has 0 unspecified atom stereocenters. The van der Waals surface area contributed by atoms with E-state index in [0.717, 1.165) is 43.8 Å². The van der Waals surface area contributed by atoms with Gasteiger partial charge in [-0.05, 0) is 30.5 Å². The lowest BCUT2D eigenvalue weighted by Gasteiger charge is -2.28. The summed E-state index contributed by atoms with van der Waals surface area (Å²) in [4.78, 5) is 12.9. The summed E-state index contributed by atoms with van der Waals surface area (Å²) >= 11 is 0. The highest BCUT2D eigenvalue weighted by Gasteiger charge is 2.14. The molecule has 1 heterocycles. The summed E-state index contributed by atoms with van der Waals surface area (Å²) in [5.74, 6) is 0.0391. The van der Waals surface area contributed by atoms with Crippen molar-refractivity contribution in [3.8, 4) is 5.75 Å². The second-order valence-corrected chi connectivity index (χ2v) is 4.77. The Labute approximate surface area is 113 Å². The van der Waals surface area contributed by atoms with E-state index in [4.69, 9.17) is 9.84 Å². The van der Waals surface area contributed by atoms with E-state index < -0.39 is 5.97 Å². The quantitative estimate of drug-likeness (QED) is 0.845. The highest BCUT2D eigenvalue weighted by molar-refractivity contribution is 5.80. The summed E-state index contributed by atoms with van der Waals surface area (Å²) in [6, 6.07) is 8.06. The van der Waals surface area contributed by atoms with E-state index in [0.29, 0.717) is 0 Å². The monoisotopic (exact) mass is 261 g/mol. The number of methoxy groups -OCH3 is 1. The molecule has 1 aliphatic heterocycles. The van der Waals surface area contributed by atoms with E-state index in [1.54, 1.807) is 7.11 Å². The van der Waals surface area contributed by atoms with Crippen LogP contribution in [0.1, 0.15) is 18.4 Å². The number of hydrogen-bond acceptors (Lipinski definition) is 3. The van der Waals surface area contributed by atoms with Crippen molar-refractivity contribution in [2.75, 3.05) is 20.2 Å². The summed E-state index contributed by atoms with van der Waals surface area (Å²) < 4.78 is 5.21. The number of carboxylic acid groups (broad SMARTS) is 1. The molecule has 102 valence electrons. The van der Waals surface area contributed by atoms with Crippen LogP contribution in [0.3, 0.4) is 0 Å². The van der Waals surface area contributed by atoms with Crippen LogP contribution in [0.25, 0.3) is 0 Å². The number of hydrogen-bond donors (Lipinski definition) is 1. The first-order valence-electron chi connectivity index (χ1n) is 6.45. The Morgan fingerprint density at radius 1 is 1.42 bits per heavy atom. The molecule has 4 heteroatoms. The van der Waals surface area contributed by atoms with Gasteiger partial charge in [-0.15, -0.1) is 0 Å². The van der Waals surface area contributed by atoms with Crippen molar-refractivity contribution in [1.29, 1.82) is 0 Å². The molecule has 1 aromatic rings. The van der Waals surface area contributed by atoms with Gasteiger partial charge in [0.05, 0.1) is 7.11 Å². The summed E-state index contributed by atoms with van der Waals surface area (Å²) in [7, 11) is 1.67. The van der Waals surface area contributed by atoms with Gasteiger partial charge >= 0.3 is 5.97 Å². The molecule has 1 fully saturated rings. The first kappa shape index (κ1) is 13.6. The van der Waals surface area contributed by atoms with Crippen molar-refractivity contribution in [2.24, 2.45) is 0 Å². The number of aliphatic carboxylic acids is 1. The first-order chi connectivity index (χ1) is 9.17. The molecule has 1 aromatic carbocycles. The summed E-state index contributed by atoms with van der Waals surface area (Å²) in [6.45, 7) is 2.71. The van der Waals surface area contributed by atoms with E-state index in [1.165, 1.54) is 11.6 Å². The molecule has 0 aromatic heterocycles. The van der Waals surface area contributed by atoms with Crippen molar-refractivity contribution in [2.45, 2.75) is 19.4 Å². The lowest BCUT2D eigenvalue weighted by molar-refractivity contribution is -0.131. The van der Waals surface area contributed by atoms with Gasteiger partial charge < -0.3 is 9.84 Å². The number of carboxylic acids is 1. The number of carbonyl (C=O) groups is 1. The van der Waals surface area contributed by atoms with Crippen LogP contribution in [0.15, 0.2) is 35.9 Å². The minimum absolute atomic E-state index is 0.837. The van der Waals surface area contributed by atoms with E-state index in [-0.39, 0.29) is 0 Å². The van der Waals surface area contributed by atoms with Crippen LogP contribution in [0.2, 0.25) is 0 Å². The first-order valence-corrected chi connectivity index (χ1v) is 6.45. The summed E-state index contributed by atoms with van der Waals surface area (Å²) in [5, 5.41) is 8.72. The van der Waals surface area contributed by atoms with Crippen LogP contribution in [-0.4, -0.2) is 36.2 Å². The van der Waals surface area contributed by atoms with Gasteiger partial charge in [0.25, 0.3) is 0 Å². The molecule has 2 rings (SSSR count). The predicted molar refractivity (Wildman–Crippen MR) is 73.2 cm³/mol. The fourth-order valence-electron chi connectivity index (χ4n) is 2.35. The molecule has 0 radical (unpaired) electrons. The minimum Gasteiger partial charge on any atom is -0.497 e. The van der Waals surface area contributed by atoms with Crippen molar-refractivity contribution in [3.63, 3.8) is 0 Å². The van der Waals surface area contributed by atoms with Gasteiger partial charge in [0.15, 0.2) is 0 Å². The molecule has 0 bridgehead atoms. The van der Waals surface area contributed by atoms with Crippen LogP contribution < -0.4 is 4.74 Å². The smallest absolute Gasteiger partial charge is 0.328 e. The molecule has 0 spiro atoms. The van der Waals surface area contributed by atoms with Crippen molar-refractivity contribution >= 4 is 5.97 Å². The molecule has 0 atom stereocenters. The highest BCUT2D eigenvalue weighted by atomic mass is 16.5. The van der Waals surface area contributed by atoms with Crippen LogP contribution in [0.4, 0.5) is 0 Å². The average molecular weight is 261 g/mol. The van der Waals surface area contributed by atoms with Crippen LogP contribution in [0, 0.1) is 0 Å². The van der Waals surface area contributed by atoms with E-state index in [2.05, 4.69) is 11.0 Å². The molecular weight excluding hydrogens is 242 g/mol. The number of nitrogens with zero attached hydrogens (tertiary/aromatic N) is 1. The van der Waals surface area contributed by atoms with Gasteiger partial charge in [0.2, 0.25) is 0 Å². The van der Waals surface area contributed by atoms with Gasteiger partial charge in [-0.3, -0.25) is 4.90 Å². The van der Waals surface area contributed by atoms with Crippen molar-refractivity contribution < 1.29 is 14.6 Å². The summed E-state index contributed by atoms with van der Waals surface area (Å²) in [6.07, 6.45) is 3.04. The lowest BCUT2D eigenvalue weighted by atomic mass is 10.0. The van der Waals surface area contributed by atoms with E-state index >= 15 is 0 Å². The van der Waals surface area contributed by atoms with E-state index in [9.17, 15) is 4.79 Å². The number of likely N-dealkylation sites (tertiary alicyclic amines) is 1. The van der Waals surface area contributed by atoms with Crippen molar-refractivity contribution in [3.05, 3.63) is 41.5 Å². The Bertz CT molecular complexity index is 472. The number of ether oxygens (including phenoxy) is 1. The molecular formula is C15H19NO3. The topological polar surface area (TPSA) is 49.8 Å². The number of rotatable bonds is 4. The zero-order chi connectivity index (χ0) is 13.7. The Morgan fingerprint density at radius 2 is 2.16 bits per heavy atom. The molecule has 1 N–H and O–H groups in total. The fraction of sp³-hybridized carbons (Fsp3) is 0.400. The molecule has 4 nitrogen and oxygen atoms in total. The fourth-order valence-corrected chi connectivity index (χ4v) is 2.35. The van der Waals surface area contributed by atoms with Crippen LogP contribution in [-0.2, 0) is 11.3 Å². The Kier molecular flexibility index (Phi) is 4.58. The largest absolute Gasteiger partial charge is 0.497 e. The van der Waals surface area contributed by atoms with Crippen LogP contribution in [0.5, 0.6) is 5.75 Å². The maximum atomic E-state index is 10.6. The van der Waals surface area contributed by atoms with Gasteiger partial charge in [0, 0.05) is 25.7 Å². The maximum Gasteiger partial charge on any atom is 0.328 e. The van der Waals surface area contributed by atoms with Gasteiger partial charge in [-0.25, -0.2) is 4.79 Å². The molecule has 0 amide bonds. The van der Waals surface area contributed by atoms with Gasteiger partial charge in [-0.2, -0.15) is 0 Å². The van der Waals surface area contributed by atoms with Crippen LogP contribution >= 0.6 is 0 Å². The lowest BCUT2D eigenvalue weighted by Crippen LogP contribution is -2.30. The average Bonchev–Trinajstić information content (AvgIpc) is 2.41. The number of piperidine rings is 1. The molecule has 1 saturated heterocycles. The predicted octanol–water partition coefficient (Wildman–Crippen LogP) is 2.30. The van der Waals surface area contributed by atoms with E-state index in [1.807, 2.05) is 18.2 Å². The Morgan fingerprint density at radius 3 is 2.79 bits per heavy atom. The maximum absolute atomic E-state index is 10.6. The highest BCUT2D eigenvalue weighted by Crippen LogP contribution is 2.20. The molecule has 0 saturated carbocycles. The molecule has 0 aliphatic carbocycles. The Balaban J connectivity index is 1.90. The second kappa shape index (κ2) is 6.38. The SMILES string of the molecule is COc1cccc(CN2CCC(=CC(=O)O)CC2)c1.